The largest absolute Gasteiger partial charge is 0.496 e. The van der Waals surface area contributed by atoms with Crippen LogP contribution < -0.4 is 4.74 Å². The first-order valence-electron chi connectivity index (χ1n) is 6.87. The zero-order valence-corrected chi connectivity index (χ0v) is 12.4. The first-order valence-corrected chi connectivity index (χ1v) is 6.87. The number of carbonyl (C=O) groups excluding carboxylic acids is 1. The third-order valence-corrected chi connectivity index (χ3v) is 3.52. The van der Waals surface area contributed by atoms with Crippen molar-refractivity contribution in [3.63, 3.8) is 0 Å². The predicted octanol–water partition coefficient (Wildman–Crippen LogP) is 0.313. The van der Waals surface area contributed by atoms with Gasteiger partial charge in [-0.15, -0.1) is 0 Å². The molecular formula is C16H20N2O3. The van der Waals surface area contributed by atoms with E-state index in [0.29, 0.717) is 13.1 Å². The Morgan fingerprint density at radius 1 is 1.38 bits per heavy atom. The van der Waals surface area contributed by atoms with E-state index in [1.165, 1.54) is 0 Å². The monoisotopic (exact) mass is 288 g/mol. The minimum atomic E-state index is -0.158. The van der Waals surface area contributed by atoms with E-state index in [4.69, 9.17) is 9.84 Å². The molecular weight excluding hydrogens is 268 g/mol. The van der Waals surface area contributed by atoms with Crippen LogP contribution in [0.3, 0.4) is 0 Å². The standard InChI is InChI=1S/C16H20N2O3/c1-17-7-8-18(12-16(17)20)11-14-10-13(4-3-9-19)5-6-15(14)21-2/h5-6,10,19H,7-9,11-12H2,1-2H3. The van der Waals surface area contributed by atoms with Crippen molar-refractivity contribution in [1.82, 2.24) is 9.80 Å². The molecule has 0 bridgehead atoms. The van der Waals surface area contributed by atoms with Gasteiger partial charge in [0.25, 0.3) is 0 Å². The molecule has 1 aromatic rings. The molecule has 0 radical (unpaired) electrons. The highest BCUT2D eigenvalue weighted by Gasteiger charge is 2.21. The molecule has 1 aliphatic rings. The fourth-order valence-corrected chi connectivity index (χ4v) is 2.30. The van der Waals surface area contributed by atoms with Crippen molar-refractivity contribution in [3.8, 4) is 17.6 Å². The van der Waals surface area contributed by atoms with E-state index in [0.717, 1.165) is 30.0 Å². The second kappa shape index (κ2) is 7.11. The van der Waals surface area contributed by atoms with Crippen LogP contribution in [0, 0.1) is 11.8 Å². The average Bonchev–Trinajstić information content (AvgIpc) is 2.49. The smallest absolute Gasteiger partial charge is 0.236 e. The molecule has 5 heteroatoms. The maximum absolute atomic E-state index is 11.8. The Kier molecular flexibility index (Phi) is 5.20. The van der Waals surface area contributed by atoms with Crippen LogP contribution in [0.2, 0.25) is 0 Å². The minimum absolute atomic E-state index is 0.136. The lowest BCUT2D eigenvalue weighted by Gasteiger charge is -2.32. The Morgan fingerprint density at radius 3 is 2.86 bits per heavy atom. The fraction of sp³-hybridized carbons (Fsp3) is 0.438. The maximum Gasteiger partial charge on any atom is 0.236 e. The number of amides is 1. The lowest BCUT2D eigenvalue weighted by molar-refractivity contribution is -0.134. The van der Waals surface area contributed by atoms with Crippen molar-refractivity contribution in [1.29, 1.82) is 0 Å². The van der Waals surface area contributed by atoms with Crippen LogP contribution in [-0.4, -0.2) is 61.2 Å². The number of carbonyl (C=O) groups is 1. The number of benzene rings is 1. The van der Waals surface area contributed by atoms with Crippen molar-refractivity contribution in [2.75, 3.05) is 40.4 Å². The van der Waals surface area contributed by atoms with Gasteiger partial charge in [-0.05, 0) is 18.2 Å². The molecule has 0 aliphatic carbocycles. The van der Waals surface area contributed by atoms with E-state index in [1.54, 1.807) is 12.0 Å². The summed E-state index contributed by atoms with van der Waals surface area (Å²) in [5.41, 5.74) is 1.83. The molecule has 1 heterocycles. The number of rotatable bonds is 3. The van der Waals surface area contributed by atoms with Crippen molar-refractivity contribution >= 4 is 5.91 Å². The van der Waals surface area contributed by atoms with Gasteiger partial charge in [0.05, 0.1) is 13.7 Å². The summed E-state index contributed by atoms with van der Waals surface area (Å²) in [5.74, 6) is 6.45. The zero-order chi connectivity index (χ0) is 15.2. The van der Waals surface area contributed by atoms with E-state index in [1.807, 2.05) is 25.2 Å². The normalized spacial score (nSPS) is 15.6. The molecule has 1 aliphatic heterocycles. The van der Waals surface area contributed by atoms with Crippen molar-refractivity contribution in [2.24, 2.45) is 0 Å². The highest BCUT2D eigenvalue weighted by molar-refractivity contribution is 5.78. The Bertz CT molecular complexity index is 575. The lowest BCUT2D eigenvalue weighted by atomic mass is 10.1. The molecule has 1 fully saturated rings. The summed E-state index contributed by atoms with van der Waals surface area (Å²) >= 11 is 0. The molecule has 1 saturated heterocycles. The highest BCUT2D eigenvalue weighted by Crippen LogP contribution is 2.22. The summed E-state index contributed by atoms with van der Waals surface area (Å²) in [5, 5.41) is 8.76. The Balaban J connectivity index is 2.15. The van der Waals surface area contributed by atoms with Gasteiger partial charge in [-0.3, -0.25) is 9.69 Å². The number of hydrogen-bond donors (Lipinski definition) is 1. The summed E-state index contributed by atoms with van der Waals surface area (Å²) < 4.78 is 5.37. The fourth-order valence-electron chi connectivity index (χ4n) is 2.30. The van der Waals surface area contributed by atoms with Crippen molar-refractivity contribution < 1.29 is 14.6 Å². The number of methoxy groups -OCH3 is 1. The van der Waals surface area contributed by atoms with Crippen LogP contribution in [0.1, 0.15) is 11.1 Å². The molecule has 0 saturated carbocycles. The molecule has 1 N–H and O–H groups in total. The number of ether oxygens (including phenoxy) is 1. The SMILES string of the molecule is COc1ccc(C#CCO)cc1CN1CCN(C)C(=O)C1. The van der Waals surface area contributed by atoms with Gasteiger partial charge in [0.15, 0.2) is 0 Å². The first kappa shape index (κ1) is 15.4. The number of piperazine rings is 1. The number of aliphatic hydroxyl groups is 1. The molecule has 0 unspecified atom stereocenters. The first-order chi connectivity index (χ1) is 10.1. The summed E-state index contributed by atoms with van der Waals surface area (Å²) in [6, 6.07) is 5.68. The van der Waals surface area contributed by atoms with Crippen LogP contribution in [0.15, 0.2) is 18.2 Å². The molecule has 2 rings (SSSR count). The minimum Gasteiger partial charge on any atom is -0.496 e. The number of hydrogen-bond acceptors (Lipinski definition) is 4. The van der Waals surface area contributed by atoms with Crippen LogP contribution in [0.25, 0.3) is 0 Å². The maximum atomic E-state index is 11.8. The van der Waals surface area contributed by atoms with Gasteiger partial charge < -0.3 is 14.7 Å². The zero-order valence-electron chi connectivity index (χ0n) is 12.4. The van der Waals surface area contributed by atoms with Gasteiger partial charge in [-0.25, -0.2) is 0 Å². The topological polar surface area (TPSA) is 53.0 Å². The molecule has 0 aromatic heterocycles. The number of aliphatic hydroxyl groups excluding tert-OH is 1. The van der Waals surface area contributed by atoms with Gasteiger partial charge in [0.2, 0.25) is 5.91 Å². The average molecular weight is 288 g/mol. The summed E-state index contributed by atoms with van der Waals surface area (Å²) in [6.07, 6.45) is 0. The molecule has 21 heavy (non-hydrogen) atoms. The van der Waals surface area contributed by atoms with Crippen molar-refractivity contribution in [2.45, 2.75) is 6.54 Å². The third kappa shape index (κ3) is 3.97. The Labute approximate surface area is 125 Å². The van der Waals surface area contributed by atoms with E-state index in [2.05, 4.69) is 16.7 Å². The summed E-state index contributed by atoms with van der Waals surface area (Å²) in [6.45, 7) is 2.50. The lowest BCUT2D eigenvalue weighted by Crippen LogP contribution is -2.48. The van der Waals surface area contributed by atoms with Crippen LogP contribution in [-0.2, 0) is 11.3 Å². The van der Waals surface area contributed by atoms with Crippen molar-refractivity contribution in [3.05, 3.63) is 29.3 Å². The summed E-state index contributed by atoms with van der Waals surface area (Å²) in [7, 11) is 3.46. The van der Waals surface area contributed by atoms with E-state index >= 15 is 0 Å². The second-order valence-corrected chi connectivity index (χ2v) is 5.01. The third-order valence-electron chi connectivity index (χ3n) is 3.52. The van der Waals surface area contributed by atoms with Crippen LogP contribution >= 0.6 is 0 Å². The van der Waals surface area contributed by atoms with Gasteiger partial charge >= 0.3 is 0 Å². The second-order valence-electron chi connectivity index (χ2n) is 5.01. The molecule has 1 aromatic carbocycles. The quantitative estimate of drug-likeness (QED) is 0.814. The highest BCUT2D eigenvalue weighted by atomic mass is 16.5. The predicted molar refractivity (Wildman–Crippen MR) is 79.9 cm³/mol. The Hall–Kier alpha value is -2.03. The molecule has 0 atom stereocenters. The number of nitrogens with zero attached hydrogens (tertiary/aromatic N) is 2. The molecule has 5 nitrogen and oxygen atoms in total. The van der Waals surface area contributed by atoms with Gasteiger partial charge in [0.1, 0.15) is 12.4 Å². The number of likely N-dealkylation sites (N-methyl/N-ethyl adjacent to an activating group) is 1. The van der Waals surface area contributed by atoms with Gasteiger partial charge in [0, 0.05) is 37.8 Å². The summed E-state index contributed by atoms with van der Waals surface area (Å²) in [4.78, 5) is 15.6. The van der Waals surface area contributed by atoms with Crippen LogP contribution in [0.4, 0.5) is 0 Å². The Morgan fingerprint density at radius 2 is 2.19 bits per heavy atom. The van der Waals surface area contributed by atoms with Crippen LogP contribution in [0.5, 0.6) is 5.75 Å². The molecule has 0 spiro atoms. The van der Waals surface area contributed by atoms with E-state index in [-0.39, 0.29) is 12.5 Å². The molecule has 1 amide bonds. The van der Waals surface area contributed by atoms with E-state index in [9.17, 15) is 4.79 Å². The van der Waals surface area contributed by atoms with Gasteiger partial charge in [-0.1, -0.05) is 11.8 Å². The molecule has 112 valence electrons. The van der Waals surface area contributed by atoms with Gasteiger partial charge in [-0.2, -0.15) is 0 Å². The van der Waals surface area contributed by atoms with E-state index < -0.39 is 0 Å².